The lowest BCUT2D eigenvalue weighted by Crippen LogP contribution is -2.43. The average Bonchev–Trinajstić information content (AvgIpc) is 2.71. The van der Waals surface area contributed by atoms with Gasteiger partial charge in [-0.05, 0) is 82.1 Å². The van der Waals surface area contributed by atoms with Gasteiger partial charge in [0.1, 0.15) is 5.60 Å². The van der Waals surface area contributed by atoms with Gasteiger partial charge in [-0.1, -0.05) is 27.8 Å². The first-order valence-corrected chi connectivity index (χ1v) is 11.7. The highest BCUT2D eigenvalue weighted by Crippen LogP contribution is 2.40. The van der Waals surface area contributed by atoms with E-state index in [4.69, 9.17) is 4.74 Å². The van der Waals surface area contributed by atoms with Crippen molar-refractivity contribution in [2.75, 3.05) is 16.8 Å². The predicted octanol–water partition coefficient (Wildman–Crippen LogP) is 5.62. The predicted molar refractivity (Wildman–Crippen MR) is 135 cm³/mol. The molecule has 0 aliphatic carbocycles. The molecule has 3 rings (SSSR count). The zero-order valence-corrected chi connectivity index (χ0v) is 21.2. The molecule has 1 aliphatic heterocycles. The second-order valence-corrected chi connectivity index (χ2v) is 10.0. The summed E-state index contributed by atoms with van der Waals surface area (Å²) in [7, 11) is 0. The number of nitrogens with zero attached hydrogens (tertiary/aromatic N) is 1. The molecule has 0 saturated heterocycles. The Hall–Kier alpha value is -2.98. The molecule has 33 heavy (non-hydrogen) atoms. The van der Waals surface area contributed by atoms with Gasteiger partial charge in [-0.25, -0.2) is 4.79 Å². The largest absolute Gasteiger partial charge is 0.444 e. The molecular formula is C26H30BrN3O3. The third-order valence-corrected chi connectivity index (χ3v) is 5.65. The molecule has 0 aromatic heterocycles. The van der Waals surface area contributed by atoms with Gasteiger partial charge >= 0.3 is 6.09 Å². The Bertz CT molecular complexity index is 1080. The van der Waals surface area contributed by atoms with Crippen LogP contribution in [0.1, 0.15) is 58.2 Å². The lowest BCUT2D eigenvalue weighted by atomic mass is 9.91. The van der Waals surface area contributed by atoms with Crippen LogP contribution in [0.15, 0.2) is 46.9 Å². The van der Waals surface area contributed by atoms with Gasteiger partial charge in [0.2, 0.25) is 5.91 Å². The van der Waals surface area contributed by atoms with Crippen LogP contribution in [-0.4, -0.2) is 30.2 Å². The highest BCUT2D eigenvalue weighted by Gasteiger charge is 2.32. The normalized spacial score (nSPS) is 17.3. The molecule has 7 heteroatoms. The van der Waals surface area contributed by atoms with E-state index < -0.39 is 11.7 Å². The van der Waals surface area contributed by atoms with E-state index in [2.05, 4.69) is 51.4 Å². The van der Waals surface area contributed by atoms with Crippen molar-refractivity contribution in [3.8, 4) is 11.8 Å². The Kier molecular flexibility index (Phi) is 7.70. The lowest BCUT2D eigenvalue weighted by Gasteiger charge is -2.39. The number of amides is 2. The van der Waals surface area contributed by atoms with Gasteiger partial charge in [-0.2, -0.15) is 0 Å². The molecule has 0 unspecified atom stereocenters. The third kappa shape index (κ3) is 6.75. The smallest absolute Gasteiger partial charge is 0.408 e. The number of anilines is 2. The van der Waals surface area contributed by atoms with Crippen molar-refractivity contribution in [3.63, 3.8) is 0 Å². The van der Waals surface area contributed by atoms with E-state index in [0.717, 1.165) is 33.4 Å². The summed E-state index contributed by atoms with van der Waals surface area (Å²) < 4.78 is 6.17. The second-order valence-electron chi connectivity index (χ2n) is 9.11. The summed E-state index contributed by atoms with van der Waals surface area (Å²) in [6, 6.07) is 14.1. The van der Waals surface area contributed by atoms with Crippen LogP contribution in [0, 0.1) is 11.8 Å². The number of fused-ring (bicyclic) bond motifs is 1. The van der Waals surface area contributed by atoms with Crippen LogP contribution in [-0.2, 0) is 9.53 Å². The molecule has 0 radical (unpaired) electrons. The molecule has 2 atom stereocenters. The molecule has 0 saturated carbocycles. The number of benzene rings is 2. The van der Waals surface area contributed by atoms with Crippen LogP contribution < -0.4 is 15.5 Å². The summed E-state index contributed by atoms with van der Waals surface area (Å²) in [5, 5.41) is 6.23. The van der Waals surface area contributed by atoms with Crippen LogP contribution >= 0.6 is 15.9 Å². The molecule has 1 heterocycles. The number of hydrogen-bond donors (Lipinski definition) is 2. The zero-order chi connectivity index (χ0) is 24.2. The Labute approximate surface area is 204 Å². The highest BCUT2D eigenvalue weighted by atomic mass is 79.9. The number of rotatable bonds is 3. The molecule has 2 aromatic carbocycles. The first-order chi connectivity index (χ1) is 15.5. The van der Waals surface area contributed by atoms with Crippen molar-refractivity contribution < 1.29 is 14.3 Å². The van der Waals surface area contributed by atoms with Crippen LogP contribution in [0.4, 0.5) is 16.2 Å². The summed E-state index contributed by atoms with van der Waals surface area (Å²) in [6.07, 6.45) is 0.328. The molecule has 2 amide bonds. The molecule has 0 bridgehead atoms. The van der Waals surface area contributed by atoms with Gasteiger partial charge in [0.05, 0.1) is 12.6 Å². The van der Waals surface area contributed by atoms with Gasteiger partial charge in [-0.3, -0.25) is 4.79 Å². The van der Waals surface area contributed by atoms with Crippen LogP contribution in [0.2, 0.25) is 0 Å². The van der Waals surface area contributed by atoms with Crippen molar-refractivity contribution in [1.29, 1.82) is 0 Å². The van der Waals surface area contributed by atoms with E-state index in [-0.39, 0.29) is 24.5 Å². The molecule has 2 aromatic rings. The van der Waals surface area contributed by atoms with Crippen molar-refractivity contribution >= 4 is 39.3 Å². The number of hydrogen-bond acceptors (Lipinski definition) is 4. The quantitative estimate of drug-likeness (QED) is 0.524. The summed E-state index contributed by atoms with van der Waals surface area (Å²) >= 11 is 3.56. The molecule has 6 nitrogen and oxygen atoms in total. The summed E-state index contributed by atoms with van der Waals surface area (Å²) in [5.74, 6) is 6.03. The maximum absolute atomic E-state index is 12.2. The zero-order valence-electron chi connectivity index (χ0n) is 19.7. The van der Waals surface area contributed by atoms with E-state index in [1.165, 1.54) is 0 Å². The Morgan fingerprint density at radius 3 is 2.52 bits per heavy atom. The van der Waals surface area contributed by atoms with Crippen molar-refractivity contribution in [1.82, 2.24) is 5.32 Å². The number of ether oxygens (including phenoxy) is 1. The Morgan fingerprint density at radius 1 is 1.18 bits per heavy atom. The maximum Gasteiger partial charge on any atom is 0.408 e. The van der Waals surface area contributed by atoms with Crippen LogP contribution in [0.3, 0.4) is 0 Å². The average molecular weight is 512 g/mol. The molecular weight excluding hydrogens is 482 g/mol. The summed E-state index contributed by atoms with van der Waals surface area (Å²) in [5.41, 5.74) is 3.34. The first kappa shape index (κ1) is 24.7. The van der Waals surface area contributed by atoms with Gasteiger partial charge in [0, 0.05) is 34.4 Å². The summed E-state index contributed by atoms with van der Waals surface area (Å²) in [4.78, 5) is 25.7. The Balaban J connectivity index is 1.66. The molecule has 174 valence electrons. The number of alkyl carbamates (subject to hydrolysis) is 1. The van der Waals surface area contributed by atoms with Crippen LogP contribution in [0.25, 0.3) is 0 Å². The van der Waals surface area contributed by atoms with E-state index in [0.29, 0.717) is 0 Å². The van der Waals surface area contributed by atoms with E-state index >= 15 is 0 Å². The minimum atomic E-state index is -0.530. The second kappa shape index (κ2) is 10.3. The van der Waals surface area contributed by atoms with Gasteiger partial charge < -0.3 is 20.3 Å². The summed E-state index contributed by atoms with van der Waals surface area (Å²) in [6.45, 7) is 9.35. The standard InChI is InChI=1S/C26H30BrN3O3/c1-17-15-23(22-16-20(27)10-13-24(22)30(17)18(2)31)29-21-11-8-19(9-12-21)7-6-14-28-25(32)33-26(3,4)5/h8-13,16-17,23,29H,14-15H2,1-5H3,(H,28,32)/t17-,23+/m0/s1. The van der Waals surface area contributed by atoms with E-state index in [9.17, 15) is 9.59 Å². The fourth-order valence-corrected chi connectivity index (χ4v) is 4.26. The van der Waals surface area contributed by atoms with Crippen molar-refractivity contribution in [2.24, 2.45) is 0 Å². The molecule has 0 spiro atoms. The van der Waals surface area contributed by atoms with Crippen molar-refractivity contribution in [3.05, 3.63) is 58.1 Å². The minimum absolute atomic E-state index is 0.0496. The number of carbonyl (C=O) groups excluding carboxylic acids is 2. The SMILES string of the molecule is CC(=O)N1c2ccc(Br)cc2[C@H](Nc2ccc(C#CCNC(=O)OC(C)(C)C)cc2)C[C@@H]1C. The number of halogens is 1. The van der Waals surface area contributed by atoms with Gasteiger partial charge in [-0.15, -0.1) is 0 Å². The minimum Gasteiger partial charge on any atom is -0.444 e. The third-order valence-electron chi connectivity index (χ3n) is 5.16. The lowest BCUT2D eigenvalue weighted by molar-refractivity contribution is -0.117. The first-order valence-electron chi connectivity index (χ1n) is 10.9. The van der Waals surface area contributed by atoms with Crippen molar-refractivity contribution in [2.45, 2.75) is 58.7 Å². The molecule has 2 N–H and O–H groups in total. The Morgan fingerprint density at radius 2 is 1.88 bits per heavy atom. The van der Waals surface area contributed by atoms with Gasteiger partial charge in [0.15, 0.2) is 0 Å². The van der Waals surface area contributed by atoms with E-state index in [1.54, 1.807) is 6.92 Å². The topological polar surface area (TPSA) is 70.7 Å². The van der Waals surface area contributed by atoms with Gasteiger partial charge in [0.25, 0.3) is 0 Å². The highest BCUT2D eigenvalue weighted by molar-refractivity contribution is 9.10. The monoisotopic (exact) mass is 511 g/mol. The maximum atomic E-state index is 12.2. The number of nitrogens with one attached hydrogen (secondary N) is 2. The molecule has 1 aliphatic rings. The fraction of sp³-hybridized carbons (Fsp3) is 0.385. The fourth-order valence-electron chi connectivity index (χ4n) is 3.88. The van der Waals surface area contributed by atoms with E-state index in [1.807, 2.05) is 62.1 Å². The number of carbonyl (C=O) groups is 2. The van der Waals surface area contributed by atoms with Crippen LogP contribution in [0.5, 0.6) is 0 Å². The molecule has 0 fully saturated rings.